The Hall–Kier alpha value is -1.55. The Labute approximate surface area is 107 Å². The highest BCUT2D eigenvalue weighted by Gasteiger charge is 2.45. The Morgan fingerprint density at radius 3 is 2.56 bits per heavy atom. The molecule has 1 heterocycles. The van der Waals surface area contributed by atoms with Gasteiger partial charge in [-0.25, -0.2) is 0 Å². The van der Waals surface area contributed by atoms with Crippen molar-refractivity contribution in [3.8, 4) is 5.75 Å². The van der Waals surface area contributed by atoms with Gasteiger partial charge in [-0.05, 0) is 18.1 Å². The molecular formula is C14H19NO3. The molecule has 1 amide bonds. The van der Waals surface area contributed by atoms with E-state index in [0.29, 0.717) is 18.8 Å². The van der Waals surface area contributed by atoms with Crippen molar-refractivity contribution in [1.82, 2.24) is 4.90 Å². The number of aliphatic hydroxyl groups is 1. The zero-order chi connectivity index (χ0) is 13.2. The van der Waals surface area contributed by atoms with E-state index in [-0.39, 0.29) is 18.4 Å². The number of ether oxygens (including phenoxy) is 1. The van der Waals surface area contributed by atoms with Crippen molar-refractivity contribution in [2.24, 2.45) is 5.92 Å². The van der Waals surface area contributed by atoms with E-state index >= 15 is 0 Å². The monoisotopic (exact) mass is 249 g/mol. The second-order valence-electron chi connectivity index (χ2n) is 5.11. The summed E-state index contributed by atoms with van der Waals surface area (Å²) in [6, 6.07) is 9.25. The van der Waals surface area contributed by atoms with Gasteiger partial charge in [0, 0.05) is 0 Å². The Kier molecular flexibility index (Phi) is 3.57. The van der Waals surface area contributed by atoms with Gasteiger partial charge in [0.25, 0.3) is 5.91 Å². The third-order valence-corrected chi connectivity index (χ3v) is 3.46. The molecule has 1 aromatic carbocycles. The van der Waals surface area contributed by atoms with Crippen molar-refractivity contribution in [2.45, 2.75) is 19.4 Å². The van der Waals surface area contributed by atoms with E-state index in [1.54, 1.807) is 4.90 Å². The van der Waals surface area contributed by atoms with Crippen LogP contribution in [0, 0.1) is 5.92 Å². The smallest absolute Gasteiger partial charge is 0.260 e. The number of para-hydroxylation sites is 1. The van der Waals surface area contributed by atoms with Gasteiger partial charge in [0.05, 0.1) is 13.1 Å². The number of amides is 1. The first kappa shape index (κ1) is 12.9. The van der Waals surface area contributed by atoms with Crippen LogP contribution < -0.4 is 4.74 Å². The topological polar surface area (TPSA) is 49.8 Å². The van der Waals surface area contributed by atoms with Crippen LogP contribution in [0.1, 0.15) is 13.8 Å². The predicted molar refractivity (Wildman–Crippen MR) is 68.3 cm³/mol. The molecule has 0 atom stereocenters. The number of β-amino-alcohol motifs (C(OH)–C–C–N with tert-alkyl or cyclic N) is 1. The predicted octanol–water partition coefficient (Wildman–Crippen LogP) is 1.29. The molecule has 0 aromatic heterocycles. The van der Waals surface area contributed by atoms with Crippen LogP contribution in [0.4, 0.5) is 0 Å². The van der Waals surface area contributed by atoms with Gasteiger partial charge in [-0.3, -0.25) is 4.79 Å². The quantitative estimate of drug-likeness (QED) is 0.875. The van der Waals surface area contributed by atoms with Crippen LogP contribution in [0.5, 0.6) is 5.75 Å². The molecule has 0 aliphatic carbocycles. The second-order valence-corrected chi connectivity index (χ2v) is 5.11. The van der Waals surface area contributed by atoms with Crippen molar-refractivity contribution in [3.05, 3.63) is 30.3 Å². The molecule has 0 bridgehead atoms. The van der Waals surface area contributed by atoms with E-state index in [1.807, 2.05) is 44.2 Å². The van der Waals surface area contributed by atoms with E-state index in [4.69, 9.17) is 4.74 Å². The number of nitrogens with zero attached hydrogens (tertiary/aromatic N) is 1. The molecule has 1 aliphatic rings. The molecule has 0 saturated carbocycles. The van der Waals surface area contributed by atoms with E-state index in [1.165, 1.54) is 0 Å². The highest BCUT2D eigenvalue weighted by Crippen LogP contribution is 2.28. The largest absolute Gasteiger partial charge is 0.484 e. The maximum Gasteiger partial charge on any atom is 0.260 e. The fourth-order valence-corrected chi connectivity index (χ4v) is 1.91. The number of carbonyl (C=O) groups is 1. The summed E-state index contributed by atoms with van der Waals surface area (Å²) < 4.78 is 5.38. The number of hydrogen-bond acceptors (Lipinski definition) is 3. The van der Waals surface area contributed by atoms with Gasteiger partial charge in [-0.15, -0.1) is 0 Å². The fourth-order valence-electron chi connectivity index (χ4n) is 1.91. The second kappa shape index (κ2) is 4.98. The molecule has 1 aromatic rings. The molecule has 1 aliphatic heterocycles. The number of rotatable bonds is 4. The minimum absolute atomic E-state index is 0.0260. The van der Waals surface area contributed by atoms with Gasteiger partial charge in [-0.2, -0.15) is 0 Å². The minimum atomic E-state index is -0.720. The van der Waals surface area contributed by atoms with Gasteiger partial charge in [0.15, 0.2) is 6.61 Å². The van der Waals surface area contributed by atoms with Gasteiger partial charge in [-0.1, -0.05) is 32.0 Å². The van der Waals surface area contributed by atoms with Gasteiger partial charge >= 0.3 is 0 Å². The summed E-state index contributed by atoms with van der Waals surface area (Å²) in [5.41, 5.74) is -0.720. The van der Waals surface area contributed by atoms with E-state index in [2.05, 4.69) is 0 Å². The van der Waals surface area contributed by atoms with Crippen LogP contribution in [-0.2, 0) is 4.79 Å². The first-order valence-corrected chi connectivity index (χ1v) is 6.19. The van der Waals surface area contributed by atoms with Gasteiger partial charge in [0.2, 0.25) is 0 Å². The molecule has 1 fully saturated rings. The summed E-state index contributed by atoms with van der Waals surface area (Å²) in [7, 11) is 0. The fraction of sp³-hybridized carbons (Fsp3) is 0.500. The normalized spacial score (nSPS) is 17.4. The summed E-state index contributed by atoms with van der Waals surface area (Å²) in [4.78, 5) is 13.4. The van der Waals surface area contributed by atoms with Crippen molar-refractivity contribution >= 4 is 5.91 Å². The Morgan fingerprint density at radius 2 is 2.00 bits per heavy atom. The van der Waals surface area contributed by atoms with Crippen molar-refractivity contribution in [3.63, 3.8) is 0 Å². The lowest BCUT2D eigenvalue weighted by Crippen LogP contribution is -2.66. The lowest BCUT2D eigenvalue weighted by Gasteiger charge is -2.48. The lowest BCUT2D eigenvalue weighted by atomic mass is 9.83. The molecule has 98 valence electrons. The molecule has 4 heteroatoms. The van der Waals surface area contributed by atoms with Crippen LogP contribution in [0.2, 0.25) is 0 Å². The molecule has 18 heavy (non-hydrogen) atoms. The van der Waals surface area contributed by atoms with Crippen LogP contribution in [0.25, 0.3) is 0 Å². The van der Waals surface area contributed by atoms with Gasteiger partial charge in [0.1, 0.15) is 11.4 Å². The molecule has 0 radical (unpaired) electrons. The van der Waals surface area contributed by atoms with Crippen LogP contribution in [0.3, 0.4) is 0 Å². The summed E-state index contributed by atoms with van der Waals surface area (Å²) in [5.74, 6) is 0.770. The first-order valence-electron chi connectivity index (χ1n) is 6.19. The summed E-state index contributed by atoms with van der Waals surface area (Å²) in [6.45, 7) is 4.76. The van der Waals surface area contributed by atoms with Crippen LogP contribution >= 0.6 is 0 Å². The maximum atomic E-state index is 11.8. The Balaban J connectivity index is 1.78. The van der Waals surface area contributed by atoms with Crippen molar-refractivity contribution < 1.29 is 14.6 Å². The van der Waals surface area contributed by atoms with E-state index in [9.17, 15) is 9.90 Å². The SMILES string of the molecule is CC(C)C1(O)CN(C(=O)COc2ccccc2)C1. The van der Waals surface area contributed by atoms with Crippen molar-refractivity contribution in [2.75, 3.05) is 19.7 Å². The lowest BCUT2D eigenvalue weighted by molar-refractivity contribution is -0.165. The Bertz CT molecular complexity index is 410. The number of likely N-dealkylation sites (tertiary alicyclic amines) is 1. The van der Waals surface area contributed by atoms with Crippen LogP contribution in [-0.4, -0.2) is 41.2 Å². The van der Waals surface area contributed by atoms with Crippen LogP contribution in [0.15, 0.2) is 30.3 Å². The summed E-state index contributed by atoms with van der Waals surface area (Å²) in [6.07, 6.45) is 0. The maximum absolute atomic E-state index is 11.8. The summed E-state index contributed by atoms with van der Waals surface area (Å²) >= 11 is 0. The highest BCUT2D eigenvalue weighted by molar-refractivity contribution is 5.79. The average molecular weight is 249 g/mol. The molecular weight excluding hydrogens is 230 g/mol. The van der Waals surface area contributed by atoms with Gasteiger partial charge < -0.3 is 14.7 Å². The number of benzene rings is 1. The molecule has 2 rings (SSSR count). The molecule has 1 N–H and O–H groups in total. The highest BCUT2D eigenvalue weighted by atomic mass is 16.5. The van der Waals surface area contributed by atoms with E-state index < -0.39 is 5.60 Å². The average Bonchev–Trinajstić information content (AvgIpc) is 2.33. The molecule has 0 unspecified atom stereocenters. The zero-order valence-corrected chi connectivity index (χ0v) is 10.8. The number of carbonyl (C=O) groups excluding carboxylic acids is 1. The van der Waals surface area contributed by atoms with Crippen molar-refractivity contribution in [1.29, 1.82) is 0 Å². The zero-order valence-electron chi connectivity index (χ0n) is 10.8. The first-order chi connectivity index (χ1) is 8.51. The minimum Gasteiger partial charge on any atom is -0.484 e. The third-order valence-electron chi connectivity index (χ3n) is 3.46. The molecule has 0 spiro atoms. The third kappa shape index (κ3) is 2.64. The van der Waals surface area contributed by atoms with E-state index in [0.717, 1.165) is 0 Å². The molecule has 1 saturated heterocycles. The molecule has 4 nitrogen and oxygen atoms in total. The number of hydrogen-bond donors (Lipinski definition) is 1. The summed E-state index contributed by atoms with van der Waals surface area (Å²) in [5, 5.41) is 10.1. The standard InChI is InChI=1S/C14H19NO3/c1-11(2)14(17)9-15(10-14)13(16)8-18-12-6-4-3-5-7-12/h3-7,11,17H,8-10H2,1-2H3. The Morgan fingerprint density at radius 1 is 1.39 bits per heavy atom.